The number of anilines is 1. The zero-order chi connectivity index (χ0) is 13.4. The van der Waals surface area contributed by atoms with Crippen molar-refractivity contribution in [3.05, 3.63) is 42.6 Å². The number of benzene rings is 1. The average Bonchev–Trinajstić information content (AvgIpc) is 2.76. The number of nitrogens with zero attached hydrogens (tertiary/aromatic N) is 2. The third-order valence-corrected chi connectivity index (χ3v) is 3.33. The molecule has 0 aliphatic carbocycles. The summed E-state index contributed by atoms with van der Waals surface area (Å²) >= 11 is 0. The smallest absolute Gasteiger partial charge is 0.123 e. The molecule has 19 heavy (non-hydrogen) atoms. The minimum Gasteiger partial charge on any atom is -0.497 e. The van der Waals surface area contributed by atoms with Gasteiger partial charge in [0.2, 0.25) is 0 Å². The van der Waals surface area contributed by atoms with Crippen molar-refractivity contribution in [3.63, 3.8) is 0 Å². The summed E-state index contributed by atoms with van der Waals surface area (Å²) < 4.78 is 7.40. The van der Waals surface area contributed by atoms with Crippen molar-refractivity contribution in [2.24, 2.45) is 7.05 Å². The summed E-state index contributed by atoms with van der Waals surface area (Å²) in [6, 6.07) is 12.0. The zero-order valence-corrected chi connectivity index (χ0v) is 10.9. The van der Waals surface area contributed by atoms with E-state index in [1.54, 1.807) is 13.3 Å². The summed E-state index contributed by atoms with van der Waals surface area (Å²) in [5.41, 5.74) is 8.91. The maximum Gasteiger partial charge on any atom is 0.123 e. The highest BCUT2D eigenvalue weighted by atomic mass is 16.5. The van der Waals surface area contributed by atoms with Gasteiger partial charge in [0.05, 0.1) is 18.3 Å². The molecule has 2 aromatic heterocycles. The number of aryl methyl sites for hydroxylation is 1. The first-order valence-electron chi connectivity index (χ1n) is 6.04. The van der Waals surface area contributed by atoms with Crippen LogP contribution < -0.4 is 10.5 Å². The number of nitrogen functional groups attached to an aromatic ring is 1. The number of methoxy groups -OCH3 is 1. The molecule has 96 valence electrons. The second-order valence-electron chi connectivity index (χ2n) is 4.49. The fraction of sp³-hybridized carbons (Fsp3) is 0.133. The molecule has 0 spiro atoms. The lowest BCUT2D eigenvalue weighted by molar-refractivity contribution is 0.415. The fourth-order valence-electron chi connectivity index (χ4n) is 2.27. The van der Waals surface area contributed by atoms with E-state index in [4.69, 9.17) is 10.5 Å². The largest absolute Gasteiger partial charge is 0.497 e. The fourth-order valence-corrected chi connectivity index (χ4v) is 2.27. The number of fused-ring (bicyclic) bond motifs is 1. The zero-order valence-electron chi connectivity index (χ0n) is 10.9. The van der Waals surface area contributed by atoms with Crippen molar-refractivity contribution < 1.29 is 4.74 Å². The predicted molar refractivity (Wildman–Crippen MR) is 77.1 cm³/mol. The van der Waals surface area contributed by atoms with Crippen molar-refractivity contribution in [2.45, 2.75) is 0 Å². The van der Waals surface area contributed by atoms with Crippen LogP contribution in [0.15, 0.2) is 42.6 Å². The lowest BCUT2D eigenvalue weighted by atomic mass is 10.2. The van der Waals surface area contributed by atoms with Crippen LogP contribution in [0.25, 0.3) is 22.2 Å². The van der Waals surface area contributed by atoms with E-state index in [0.717, 1.165) is 22.5 Å². The summed E-state index contributed by atoms with van der Waals surface area (Å²) in [4.78, 5) is 4.14. The minimum atomic E-state index is 0.532. The third-order valence-electron chi connectivity index (χ3n) is 3.33. The molecular formula is C15H15N3O. The van der Waals surface area contributed by atoms with Crippen LogP contribution in [0.1, 0.15) is 0 Å². The first-order chi connectivity index (χ1) is 9.19. The van der Waals surface area contributed by atoms with Crippen molar-refractivity contribution in [3.8, 4) is 17.0 Å². The van der Waals surface area contributed by atoms with Crippen LogP contribution in [0.2, 0.25) is 0 Å². The van der Waals surface area contributed by atoms with E-state index < -0.39 is 0 Å². The molecule has 3 rings (SSSR count). The summed E-state index contributed by atoms with van der Waals surface area (Å²) in [7, 11) is 3.71. The van der Waals surface area contributed by atoms with Gasteiger partial charge in [-0.15, -0.1) is 0 Å². The number of hydrogen-bond acceptors (Lipinski definition) is 3. The molecule has 4 heteroatoms. The molecule has 3 aromatic rings. The quantitative estimate of drug-likeness (QED) is 0.764. The maximum atomic E-state index is 5.62. The Morgan fingerprint density at radius 2 is 2.00 bits per heavy atom. The van der Waals surface area contributed by atoms with Gasteiger partial charge in [0, 0.05) is 30.3 Å². The summed E-state index contributed by atoms with van der Waals surface area (Å²) in [6.45, 7) is 0. The molecule has 0 amide bonds. The number of hydrogen-bond donors (Lipinski definition) is 1. The van der Waals surface area contributed by atoms with Gasteiger partial charge >= 0.3 is 0 Å². The maximum absolute atomic E-state index is 5.62. The number of nitrogens with two attached hydrogens (primary N) is 1. The van der Waals surface area contributed by atoms with Crippen molar-refractivity contribution in [1.82, 2.24) is 9.55 Å². The van der Waals surface area contributed by atoms with Crippen molar-refractivity contribution in [2.75, 3.05) is 12.8 Å². The molecule has 0 radical (unpaired) electrons. The lowest BCUT2D eigenvalue weighted by Crippen LogP contribution is -1.94. The van der Waals surface area contributed by atoms with Crippen LogP contribution >= 0.6 is 0 Å². The minimum absolute atomic E-state index is 0.532. The van der Waals surface area contributed by atoms with Crippen LogP contribution in [0.4, 0.5) is 5.82 Å². The number of aromatic nitrogens is 2. The van der Waals surface area contributed by atoms with E-state index in [-0.39, 0.29) is 0 Å². The molecule has 0 aliphatic heterocycles. The van der Waals surface area contributed by atoms with Gasteiger partial charge in [-0.3, -0.25) is 0 Å². The second kappa shape index (κ2) is 4.31. The molecule has 2 N–H and O–H groups in total. The number of rotatable bonds is 2. The molecule has 0 bridgehead atoms. The van der Waals surface area contributed by atoms with Crippen molar-refractivity contribution >= 4 is 16.7 Å². The summed E-state index contributed by atoms with van der Waals surface area (Å²) in [5, 5.41) is 1.18. The second-order valence-corrected chi connectivity index (χ2v) is 4.49. The Kier molecular flexibility index (Phi) is 2.63. The van der Waals surface area contributed by atoms with Gasteiger partial charge in [-0.1, -0.05) is 0 Å². The molecule has 1 aromatic carbocycles. The first kappa shape index (κ1) is 11.6. The monoisotopic (exact) mass is 253 g/mol. The Bertz CT molecular complexity index is 729. The standard InChI is InChI=1S/C15H15N3O/c1-18-13(11-4-6-15(16)17-9-11)7-10-3-5-12(19-2)8-14(10)18/h3-9H,1-2H3,(H2,16,17). The number of pyridine rings is 1. The molecule has 0 fully saturated rings. The van der Waals surface area contributed by atoms with Gasteiger partial charge in [-0.25, -0.2) is 4.98 Å². The molecular weight excluding hydrogens is 238 g/mol. The van der Waals surface area contributed by atoms with E-state index in [2.05, 4.69) is 21.7 Å². The van der Waals surface area contributed by atoms with E-state index in [1.807, 2.05) is 31.3 Å². The molecule has 0 saturated carbocycles. The van der Waals surface area contributed by atoms with Gasteiger partial charge in [-0.05, 0) is 30.3 Å². The lowest BCUT2D eigenvalue weighted by Gasteiger charge is -2.05. The van der Waals surface area contributed by atoms with Crippen LogP contribution in [0.5, 0.6) is 5.75 Å². The Hall–Kier alpha value is -2.49. The Balaban J connectivity index is 2.19. The molecule has 0 aliphatic rings. The van der Waals surface area contributed by atoms with Crippen LogP contribution in [-0.4, -0.2) is 16.7 Å². The molecule has 0 unspecified atom stereocenters. The molecule has 0 saturated heterocycles. The average molecular weight is 253 g/mol. The van der Waals surface area contributed by atoms with E-state index in [0.29, 0.717) is 5.82 Å². The Morgan fingerprint density at radius 1 is 1.16 bits per heavy atom. The molecule has 2 heterocycles. The molecule has 0 atom stereocenters. The van der Waals surface area contributed by atoms with Gasteiger partial charge in [0.15, 0.2) is 0 Å². The topological polar surface area (TPSA) is 53.1 Å². The normalized spacial score (nSPS) is 10.8. The van der Waals surface area contributed by atoms with Crippen LogP contribution in [0.3, 0.4) is 0 Å². The van der Waals surface area contributed by atoms with Crippen LogP contribution in [-0.2, 0) is 7.05 Å². The van der Waals surface area contributed by atoms with Gasteiger partial charge in [-0.2, -0.15) is 0 Å². The SMILES string of the molecule is COc1ccc2cc(-c3ccc(N)nc3)n(C)c2c1. The van der Waals surface area contributed by atoms with Gasteiger partial charge in [0.25, 0.3) is 0 Å². The summed E-state index contributed by atoms with van der Waals surface area (Å²) in [6.07, 6.45) is 1.79. The predicted octanol–water partition coefficient (Wildman–Crippen LogP) is 2.83. The van der Waals surface area contributed by atoms with Crippen molar-refractivity contribution in [1.29, 1.82) is 0 Å². The van der Waals surface area contributed by atoms with E-state index in [1.165, 1.54) is 5.39 Å². The highest BCUT2D eigenvalue weighted by Crippen LogP contribution is 2.29. The van der Waals surface area contributed by atoms with E-state index >= 15 is 0 Å². The highest BCUT2D eigenvalue weighted by molar-refractivity contribution is 5.88. The highest BCUT2D eigenvalue weighted by Gasteiger charge is 2.08. The molecule has 4 nitrogen and oxygen atoms in total. The van der Waals surface area contributed by atoms with E-state index in [9.17, 15) is 0 Å². The van der Waals surface area contributed by atoms with Gasteiger partial charge in [0.1, 0.15) is 11.6 Å². The summed E-state index contributed by atoms with van der Waals surface area (Å²) in [5.74, 6) is 1.39. The third kappa shape index (κ3) is 1.91. The first-order valence-corrected chi connectivity index (χ1v) is 6.04. The Labute approximate surface area is 111 Å². The Morgan fingerprint density at radius 3 is 2.68 bits per heavy atom. The number of ether oxygens (including phenoxy) is 1. The van der Waals surface area contributed by atoms with Gasteiger partial charge < -0.3 is 15.0 Å². The van der Waals surface area contributed by atoms with Crippen LogP contribution in [0, 0.1) is 0 Å².